The molecule has 1 atom stereocenters. The fourth-order valence-electron chi connectivity index (χ4n) is 2.18. The molecule has 1 aliphatic rings. The second-order valence-corrected chi connectivity index (χ2v) is 4.65. The predicted molar refractivity (Wildman–Crippen MR) is 70.2 cm³/mol. The zero-order chi connectivity index (χ0) is 12.9. The van der Waals surface area contributed by atoms with Gasteiger partial charge in [0.15, 0.2) is 5.82 Å². The van der Waals surface area contributed by atoms with Gasteiger partial charge in [-0.15, -0.1) is 0 Å². The normalized spacial score (nSPS) is 18.6. The van der Waals surface area contributed by atoms with Gasteiger partial charge in [-0.05, 0) is 25.1 Å². The summed E-state index contributed by atoms with van der Waals surface area (Å²) in [4.78, 5) is 4.43. The van der Waals surface area contributed by atoms with Crippen molar-refractivity contribution in [3.63, 3.8) is 0 Å². The molecule has 1 unspecified atom stereocenters. The molecule has 0 aliphatic carbocycles. The van der Waals surface area contributed by atoms with E-state index in [-0.39, 0.29) is 0 Å². The summed E-state index contributed by atoms with van der Waals surface area (Å²) in [6.07, 6.45) is 1.74. The van der Waals surface area contributed by atoms with Gasteiger partial charge < -0.3 is 14.6 Å². The summed E-state index contributed by atoms with van der Waals surface area (Å²) in [7, 11) is 0. The van der Waals surface area contributed by atoms with Crippen LogP contribution in [-0.4, -0.2) is 29.8 Å². The van der Waals surface area contributed by atoms with Crippen LogP contribution in [-0.2, 0) is 6.42 Å². The van der Waals surface area contributed by atoms with Gasteiger partial charge in [-0.1, -0.05) is 23.4 Å². The molecule has 3 rings (SSSR count). The van der Waals surface area contributed by atoms with Crippen molar-refractivity contribution >= 4 is 0 Å². The van der Waals surface area contributed by atoms with Gasteiger partial charge in [0.1, 0.15) is 5.75 Å². The monoisotopic (exact) mass is 259 g/mol. The summed E-state index contributed by atoms with van der Waals surface area (Å²) in [6, 6.07) is 9.75. The standard InChI is InChI=1S/C14H17N3O2/c1-2-4-12(5-3-1)18-9-7-13-16-14(19-17-13)11-6-8-15-10-11/h1-5,11,15H,6-10H2. The zero-order valence-electron chi connectivity index (χ0n) is 10.7. The Morgan fingerprint density at radius 2 is 2.21 bits per heavy atom. The van der Waals surface area contributed by atoms with Gasteiger partial charge in [0.25, 0.3) is 0 Å². The first kappa shape index (κ1) is 12.2. The van der Waals surface area contributed by atoms with Crippen LogP contribution < -0.4 is 10.1 Å². The molecule has 0 spiro atoms. The van der Waals surface area contributed by atoms with Crippen LogP contribution >= 0.6 is 0 Å². The molecule has 19 heavy (non-hydrogen) atoms. The van der Waals surface area contributed by atoms with Crippen LogP contribution in [0.15, 0.2) is 34.9 Å². The fraction of sp³-hybridized carbons (Fsp3) is 0.429. The Morgan fingerprint density at radius 3 is 3.00 bits per heavy atom. The topological polar surface area (TPSA) is 60.2 Å². The fourth-order valence-corrected chi connectivity index (χ4v) is 2.18. The molecule has 1 aliphatic heterocycles. The maximum Gasteiger partial charge on any atom is 0.231 e. The maximum absolute atomic E-state index is 5.61. The smallest absolute Gasteiger partial charge is 0.231 e. The van der Waals surface area contributed by atoms with Crippen LogP contribution in [0.1, 0.15) is 24.1 Å². The van der Waals surface area contributed by atoms with Crippen molar-refractivity contribution in [3.05, 3.63) is 42.0 Å². The van der Waals surface area contributed by atoms with E-state index in [4.69, 9.17) is 9.26 Å². The summed E-state index contributed by atoms with van der Waals surface area (Å²) in [6.45, 7) is 2.52. The molecule has 5 nitrogen and oxygen atoms in total. The van der Waals surface area contributed by atoms with Gasteiger partial charge >= 0.3 is 0 Å². The highest BCUT2D eigenvalue weighted by atomic mass is 16.5. The molecule has 100 valence electrons. The molecule has 1 fully saturated rings. The van der Waals surface area contributed by atoms with E-state index in [9.17, 15) is 0 Å². The van der Waals surface area contributed by atoms with E-state index in [0.717, 1.165) is 37.0 Å². The summed E-state index contributed by atoms with van der Waals surface area (Å²) in [5.74, 6) is 2.71. The number of benzene rings is 1. The number of nitrogens with zero attached hydrogens (tertiary/aromatic N) is 2. The molecule has 0 bridgehead atoms. The highest BCUT2D eigenvalue weighted by Gasteiger charge is 2.22. The zero-order valence-corrected chi connectivity index (χ0v) is 10.7. The number of hydrogen-bond donors (Lipinski definition) is 1. The third-order valence-electron chi connectivity index (χ3n) is 3.23. The lowest BCUT2D eigenvalue weighted by Crippen LogP contribution is -2.08. The molecule has 2 heterocycles. The minimum absolute atomic E-state index is 0.372. The summed E-state index contributed by atoms with van der Waals surface area (Å²) < 4.78 is 10.9. The second-order valence-electron chi connectivity index (χ2n) is 4.65. The first-order valence-electron chi connectivity index (χ1n) is 6.63. The van der Waals surface area contributed by atoms with Crippen molar-refractivity contribution < 1.29 is 9.26 Å². The number of ether oxygens (including phenoxy) is 1. The van der Waals surface area contributed by atoms with Crippen LogP contribution in [0.5, 0.6) is 5.75 Å². The minimum atomic E-state index is 0.372. The minimum Gasteiger partial charge on any atom is -0.493 e. The van der Waals surface area contributed by atoms with E-state index in [1.165, 1.54) is 0 Å². The second kappa shape index (κ2) is 5.84. The predicted octanol–water partition coefficient (Wildman–Crippen LogP) is 1.77. The number of nitrogens with one attached hydrogen (secondary N) is 1. The highest BCUT2D eigenvalue weighted by Crippen LogP contribution is 2.20. The number of para-hydroxylation sites is 1. The molecule has 0 saturated carbocycles. The van der Waals surface area contributed by atoms with E-state index >= 15 is 0 Å². The van der Waals surface area contributed by atoms with Crippen LogP contribution in [0, 0.1) is 0 Å². The summed E-state index contributed by atoms with van der Waals surface area (Å²) in [5.41, 5.74) is 0. The number of rotatable bonds is 5. The van der Waals surface area contributed by atoms with Gasteiger partial charge in [-0.2, -0.15) is 4.98 Å². The van der Waals surface area contributed by atoms with Crippen LogP contribution in [0.4, 0.5) is 0 Å². The van der Waals surface area contributed by atoms with Crippen LogP contribution in [0.3, 0.4) is 0 Å². The lowest BCUT2D eigenvalue weighted by atomic mass is 10.1. The van der Waals surface area contributed by atoms with Gasteiger partial charge in [0.05, 0.1) is 12.5 Å². The summed E-state index contributed by atoms with van der Waals surface area (Å²) >= 11 is 0. The van der Waals surface area contributed by atoms with E-state index < -0.39 is 0 Å². The van der Waals surface area contributed by atoms with Crippen molar-refractivity contribution in [3.8, 4) is 5.75 Å². The van der Waals surface area contributed by atoms with Gasteiger partial charge in [-0.25, -0.2) is 0 Å². The quantitative estimate of drug-likeness (QED) is 0.886. The van der Waals surface area contributed by atoms with Crippen LogP contribution in [0.2, 0.25) is 0 Å². The third-order valence-corrected chi connectivity index (χ3v) is 3.23. The third kappa shape index (κ3) is 3.12. The van der Waals surface area contributed by atoms with Gasteiger partial charge in [-0.3, -0.25) is 0 Å². The van der Waals surface area contributed by atoms with Crippen molar-refractivity contribution in [1.29, 1.82) is 0 Å². The maximum atomic E-state index is 5.61. The molecule has 1 aromatic heterocycles. The molecular formula is C14H17N3O2. The lowest BCUT2D eigenvalue weighted by molar-refractivity contribution is 0.312. The average Bonchev–Trinajstić information content (AvgIpc) is 3.10. The Morgan fingerprint density at radius 1 is 1.32 bits per heavy atom. The molecule has 2 aromatic rings. The molecular weight excluding hydrogens is 242 g/mol. The molecule has 0 amide bonds. The molecule has 5 heteroatoms. The Hall–Kier alpha value is -1.88. The first-order valence-corrected chi connectivity index (χ1v) is 6.63. The van der Waals surface area contributed by atoms with Crippen molar-refractivity contribution in [2.45, 2.75) is 18.8 Å². The Bertz CT molecular complexity index is 506. The lowest BCUT2D eigenvalue weighted by Gasteiger charge is -2.03. The number of aromatic nitrogens is 2. The van der Waals surface area contributed by atoms with E-state index in [1.807, 2.05) is 30.3 Å². The van der Waals surface area contributed by atoms with E-state index in [2.05, 4.69) is 15.5 Å². The molecule has 0 radical (unpaired) electrons. The molecule has 1 N–H and O–H groups in total. The van der Waals surface area contributed by atoms with Crippen molar-refractivity contribution in [2.24, 2.45) is 0 Å². The van der Waals surface area contributed by atoms with Crippen LogP contribution in [0.25, 0.3) is 0 Å². The average molecular weight is 259 g/mol. The summed E-state index contributed by atoms with van der Waals surface area (Å²) in [5, 5.41) is 7.29. The number of hydrogen-bond acceptors (Lipinski definition) is 5. The SMILES string of the molecule is c1ccc(OCCc2noc(C3CCNC3)n2)cc1. The van der Waals surface area contributed by atoms with Crippen molar-refractivity contribution in [2.75, 3.05) is 19.7 Å². The first-order chi connectivity index (χ1) is 9.42. The van der Waals surface area contributed by atoms with E-state index in [1.54, 1.807) is 0 Å². The van der Waals surface area contributed by atoms with E-state index in [0.29, 0.717) is 18.9 Å². The highest BCUT2D eigenvalue weighted by molar-refractivity contribution is 5.20. The van der Waals surface area contributed by atoms with Crippen molar-refractivity contribution in [1.82, 2.24) is 15.5 Å². The Labute approximate surface area is 112 Å². The molecule has 1 aromatic carbocycles. The van der Waals surface area contributed by atoms with Gasteiger partial charge in [0, 0.05) is 13.0 Å². The largest absolute Gasteiger partial charge is 0.493 e. The van der Waals surface area contributed by atoms with Gasteiger partial charge in [0.2, 0.25) is 5.89 Å². The Balaban J connectivity index is 1.50. The molecule has 1 saturated heterocycles. The Kier molecular flexibility index (Phi) is 3.74.